The number of hydrogen-bond acceptors (Lipinski definition) is 2. The van der Waals surface area contributed by atoms with Crippen LogP contribution in [0.25, 0.3) is 0 Å². The van der Waals surface area contributed by atoms with Crippen LogP contribution >= 0.6 is 0 Å². The molecule has 1 fully saturated rings. The van der Waals surface area contributed by atoms with Crippen LogP contribution < -0.4 is 0 Å². The van der Waals surface area contributed by atoms with Gasteiger partial charge in [0.2, 0.25) is 0 Å². The van der Waals surface area contributed by atoms with E-state index in [4.69, 9.17) is 0 Å². The monoisotopic (exact) mass is 233 g/mol. The average molecular weight is 233 g/mol. The fourth-order valence-electron chi connectivity index (χ4n) is 3.06. The summed E-state index contributed by atoms with van der Waals surface area (Å²) in [7, 11) is 4.31. The second-order valence-electron chi connectivity index (χ2n) is 5.50. The molecule has 2 unspecified atom stereocenters. The summed E-state index contributed by atoms with van der Waals surface area (Å²) in [6, 6.07) is 7.81. The van der Waals surface area contributed by atoms with E-state index < -0.39 is 0 Å². The Morgan fingerprint density at radius 1 is 1.12 bits per heavy atom. The smallest absolute Gasteiger partial charge is 0.115 e. The third-order valence-electron chi connectivity index (χ3n) is 3.83. The van der Waals surface area contributed by atoms with E-state index in [1.165, 1.54) is 37.8 Å². The summed E-state index contributed by atoms with van der Waals surface area (Å²) in [6.45, 7) is 1.17. The zero-order chi connectivity index (χ0) is 12.3. The molecule has 2 nitrogen and oxygen atoms in total. The van der Waals surface area contributed by atoms with E-state index in [9.17, 15) is 5.11 Å². The Balaban J connectivity index is 2.12. The van der Waals surface area contributed by atoms with Crippen LogP contribution in [0.5, 0.6) is 5.75 Å². The van der Waals surface area contributed by atoms with Crippen LogP contribution in [-0.4, -0.2) is 30.6 Å². The Hall–Kier alpha value is -1.02. The first-order chi connectivity index (χ1) is 8.16. The van der Waals surface area contributed by atoms with Crippen molar-refractivity contribution in [2.24, 2.45) is 5.92 Å². The molecule has 1 aromatic rings. The SMILES string of the molecule is CN(C)CC1CCCCC1c1ccc(O)cc1. The Morgan fingerprint density at radius 3 is 2.41 bits per heavy atom. The van der Waals surface area contributed by atoms with E-state index in [1.807, 2.05) is 12.1 Å². The van der Waals surface area contributed by atoms with Crippen molar-refractivity contribution >= 4 is 0 Å². The molecule has 1 aliphatic rings. The Labute approximate surface area is 104 Å². The van der Waals surface area contributed by atoms with Gasteiger partial charge in [-0.05, 0) is 56.5 Å². The normalized spacial score (nSPS) is 25.1. The minimum absolute atomic E-state index is 0.369. The van der Waals surface area contributed by atoms with Crippen molar-refractivity contribution in [1.82, 2.24) is 4.90 Å². The third-order valence-corrected chi connectivity index (χ3v) is 3.83. The fourth-order valence-corrected chi connectivity index (χ4v) is 3.06. The minimum Gasteiger partial charge on any atom is -0.508 e. The van der Waals surface area contributed by atoms with Crippen LogP contribution in [0.3, 0.4) is 0 Å². The number of phenolic OH excluding ortho intramolecular Hbond substituents is 1. The molecule has 2 heteroatoms. The van der Waals surface area contributed by atoms with Gasteiger partial charge < -0.3 is 10.0 Å². The van der Waals surface area contributed by atoms with Gasteiger partial charge in [-0.25, -0.2) is 0 Å². The highest BCUT2D eigenvalue weighted by Gasteiger charge is 2.26. The van der Waals surface area contributed by atoms with Gasteiger partial charge in [-0.1, -0.05) is 25.0 Å². The molecule has 17 heavy (non-hydrogen) atoms. The molecule has 0 aliphatic heterocycles. The predicted molar refractivity (Wildman–Crippen MR) is 71.4 cm³/mol. The maximum absolute atomic E-state index is 9.36. The summed E-state index contributed by atoms with van der Waals surface area (Å²) in [6.07, 6.45) is 5.34. The molecular formula is C15H23NO. The van der Waals surface area contributed by atoms with Gasteiger partial charge in [-0.3, -0.25) is 0 Å². The van der Waals surface area contributed by atoms with Crippen molar-refractivity contribution in [3.05, 3.63) is 29.8 Å². The maximum atomic E-state index is 9.36. The Kier molecular flexibility index (Phi) is 4.06. The van der Waals surface area contributed by atoms with E-state index in [1.54, 1.807) is 0 Å². The number of rotatable bonds is 3. The third kappa shape index (κ3) is 3.22. The zero-order valence-corrected chi connectivity index (χ0v) is 10.9. The second kappa shape index (κ2) is 5.54. The van der Waals surface area contributed by atoms with E-state index in [-0.39, 0.29) is 0 Å². The lowest BCUT2D eigenvalue weighted by molar-refractivity contribution is 0.233. The topological polar surface area (TPSA) is 23.5 Å². The molecule has 1 saturated carbocycles. The molecule has 2 atom stereocenters. The largest absolute Gasteiger partial charge is 0.508 e. The lowest BCUT2D eigenvalue weighted by Gasteiger charge is -2.33. The quantitative estimate of drug-likeness (QED) is 0.866. The molecule has 0 radical (unpaired) electrons. The summed E-state index contributed by atoms with van der Waals surface area (Å²) in [5.74, 6) is 1.81. The van der Waals surface area contributed by atoms with Crippen molar-refractivity contribution in [2.45, 2.75) is 31.6 Å². The number of phenols is 1. The van der Waals surface area contributed by atoms with Gasteiger partial charge in [-0.2, -0.15) is 0 Å². The molecule has 1 N–H and O–H groups in total. The van der Waals surface area contributed by atoms with Crippen LogP contribution in [0.2, 0.25) is 0 Å². The summed E-state index contributed by atoms with van der Waals surface area (Å²) in [4.78, 5) is 2.30. The number of nitrogens with zero attached hydrogens (tertiary/aromatic N) is 1. The van der Waals surface area contributed by atoms with Crippen LogP contribution in [0.1, 0.15) is 37.2 Å². The minimum atomic E-state index is 0.369. The van der Waals surface area contributed by atoms with Gasteiger partial charge in [0.15, 0.2) is 0 Å². The van der Waals surface area contributed by atoms with E-state index in [0.29, 0.717) is 11.7 Å². The molecule has 0 aromatic heterocycles. The van der Waals surface area contributed by atoms with Gasteiger partial charge in [0.1, 0.15) is 5.75 Å². The van der Waals surface area contributed by atoms with Crippen molar-refractivity contribution < 1.29 is 5.11 Å². The Bertz CT molecular complexity index is 344. The highest BCUT2D eigenvalue weighted by atomic mass is 16.3. The fraction of sp³-hybridized carbons (Fsp3) is 0.600. The standard InChI is InChI=1S/C15H23NO/c1-16(2)11-13-5-3-4-6-15(13)12-7-9-14(17)10-8-12/h7-10,13,15,17H,3-6,11H2,1-2H3. The van der Waals surface area contributed by atoms with Crippen molar-refractivity contribution in [1.29, 1.82) is 0 Å². The highest BCUT2D eigenvalue weighted by Crippen LogP contribution is 2.38. The molecule has 1 aromatic carbocycles. The van der Waals surface area contributed by atoms with E-state index in [2.05, 4.69) is 31.1 Å². The molecule has 94 valence electrons. The highest BCUT2D eigenvalue weighted by molar-refractivity contribution is 5.29. The summed E-state index contributed by atoms with van der Waals surface area (Å²) in [5.41, 5.74) is 1.40. The number of aromatic hydroxyl groups is 1. The zero-order valence-electron chi connectivity index (χ0n) is 10.9. The summed E-state index contributed by atoms with van der Waals surface area (Å²) < 4.78 is 0. The van der Waals surface area contributed by atoms with Gasteiger partial charge in [-0.15, -0.1) is 0 Å². The summed E-state index contributed by atoms with van der Waals surface area (Å²) >= 11 is 0. The average Bonchev–Trinajstić information content (AvgIpc) is 2.30. The van der Waals surface area contributed by atoms with Crippen LogP contribution in [0.4, 0.5) is 0 Å². The molecular weight excluding hydrogens is 210 g/mol. The van der Waals surface area contributed by atoms with Crippen molar-refractivity contribution in [3.8, 4) is 5.75 Å². The van der Waals surface area contributed by atoms with Gasteiger partial charge >= 0.3 is 0 Å². The Morgan fingerprint density at radius 2 is 1.76 bits per heavy atom. The lowest BCUT2D eigenvalue weighted by atomic mass is 9.75. The number of benzene rings is 1. The summed E-state index contributed by atoms with van der Waals surface area (Å²) in [5, 5.41) is 9.36. The molecule has 0 spiro atoms. The molecule has 2 rings (SSSR count). The first kappa shape index (κ1) is 12.4. The van der Waals surface area contributed by atoms with Crippen LogP contribution in [0.15, 0.2) is 24.3 Å². The van der Waals surface area contributed by atoms with Crippen LogP contribution in [0, 0.1) is 5.92 Å². The first-order valence-corrected chi connectivity index (χ1v) is 6.60. The van der Waals surface area contributed by atoms with Gasteiger partial charge in [0.05, 0.1) is 0 Å². The molecule has 0 bridgehead atoms. The first-order valence-electron chi connectivity index (χ1n) is 6.60. The van der Waals surface area contributed by atoms with Gasteiger partial charge in [0, 0.05) is 6.54 Å². The lowest BCUT2D eigenvalue weighted by Crippen LogP contribution is -2.28. The maximum Gasteiger partial charge on any atom is 0.115 e. The molecule has 0 amide bonds. The molecule has 0 heterocycles. The van der Waals surface area contributed by atoms with Crippen LogP contribution in [-0.2, 0) is 0 Å². The van der Waals surface area contributed by atoms with E-state index >= 15 is 0 Å². The van der Waals surface area contributed by atoms with E-state index in [0.717, 1.165) is 5.92 Å². The van der Waals surface area contributed by atoms with Crippen molar-refractivity contribution in [2.75, 3.05) is 20.6 Å². The number of hydrogen-bond donors (Lipinski definition) is 1. The van der Waals surface area contributed by atoms with Gasteiger partial charge in [0.25, 0.3) is 0 Å². The molecule has 1 aliphatic carbocycles. The van der Waals surface area contributed by atoms with Crippen molar-refractivity contribution in [3.63, 3.8) is 0 Å². The second-order valence-corrected chi connectivity index (χ2v) is 5.50. The predicted octanol–water partition coefficient (Wildman–Crippen LogP) is 3.23. The molecule has 0 saturated heterocycles.